The molecule has 0 aliphatic heterocycles. The van der Waals surface area contributed by atoms with Gasteiger partial charge in [-0.3, -0.25) is 9.48 Å². The van der Waals surface area contributed by atoms with Crippen molar-refractivity contribution in [3.63, 3.8) is 0 Å². The fourth-order valence-electron chi connectivity index (χ4n) is 1.37. The van der Waals surface area contributed by atoms with Gasteiger partial charge in [-0.25, -0.2) is 0 Å². The summed E-state index contributed by atoms with van der Waals surface area (Å²) in [5.74, 6) is -0.172. The fraction of sp³-hybridized carbons (Fsp3) is 0.636. The van der Waals surface area contributed by atoms with Gasteiger partial charge in [-0.15, -0.1) is 0 Å². The maximum absolute atomic E-state index is 11.9. The molecule has 0 aliphatic rings. The average Bonchev–Trinajstić information content (AvgIpc) is 2.45. The number of nitrogens with zero attached hydrogens (tertiary/aromatic N) is 2. The van der Waals surface area contributed by atoms with Crippen molar-refractivity contribution in [1.82, 2.24) is 9.78 Å². The van der Waals surface area contributed by atoms with E-state index in [-0.39, 0.29) is 5.91 Å². The lowest BCUT2D eigenvalue weighted by atomic mass is 9.99. The second-order valence-electron chi connectivity index (χ2n) is 4.39. The zero-order valence-corrected chi connectivity index (χ0v) is 10.6. The van der Waals surface area contributed by atoms with E-state index in [0.29, 0.717) is 6.42 Å². The SMILES string of the molecule is CCC(C)(N)C(=O)Nc1c(C)nn(C)c1C. The third-order valence-corrected chi connectivity index (χ3v) is 3.00. The summed E-state index contributed by atoms with van der Waals surface area (Å²) in [6.07, 6.45) is 0.594. The Bertz CT molecular complexity index is 406. The van der Waals surface area contributed by atoms with Crippen LogP contribution in [0.5, 0.6) is 0 Å². The van der Waals surface area contributed by atoms with Gasteiger partial charge in [0.15, 0.2) is 0 Å². The summed E-state index contributed by atoms with van der Waals surface area (Å²) in [5.41, 5.74) is 7.53. The molecule has 1 atom stereocenters. The highest BCUT2D eigenvalue weighted by Crippen LogP contribution is 2.20. The van der Waals surface area contributed by atoms with Crippen LogP contribution in [0.3, 0.4) is 0 Å². The van der Waals surface area contributed by atoms with Gasteiger partial charge < -0.3 is 11.1 Å². The van der Waals surface area contributed by atoms with Crippen LogP contribution in [-0.2, 0) is 11.8 Å². The van der Waals surface area contributed by atoms with Gasteiger partial charge in [-0.1, -0.05) is 6.92 Å². The zero-order chi connectivity index (χ0) is 12.5. The second-order valence-corrected chi connectivity index (χ2v) is 4.39. The van der Waals surface area contributed by atoms with Crippen molar-refractivity contribution in [2.24, 2.45) is 12.8 Å². The smallest absolute Gasteiger partial charge is 0.244 e. The lowest BCUT2D eigenvalue weighted by molar-refractivity contribution is -0.120. The number of carbonyl (C=O) groups excluding carboxylic acids is 1. The van der Waals surface area contributed by atoms with E-state index in [9.17, 15) is 4.79 Å². The van der Waals surface area contributed by atoms with Crippen LogP contribution in [0.15, 0.2) is 0 Å². The number of nitrogens with one attached hydrogen (secondary N) is 1. The maximum atomic E-state index is 11.9. The molecule has 0 aliphatic carbocycles. The Morgan fingerprint density at radius 3 is 2.50 bits per heavy atom. The van der Waals surface area contributed by atoms with Crippen LogP contribution < -0.4 is 11.1 Å². The number of hydrogen-bond donors (Lipinski definition) is 2. The second kappa shape index (κ2) is 4.25. The predicted molar refractivity (Wildman–Crippen MR) is 64.2 cm³/mol. The Kier molecular flexibility index (Phi) is 3.38. The lowest BCUT2D eigenvalue weighted by Gasteiger charge is -2.21. The first-order chi connectivity index (χ1) is 7.29. The summed E-state index contributed by atoms with van der Waals surface area (Å²) in [6.45, 7) is 7.39. The predicted octanol–water partition coefficient (Wildman–Crippen LogP) is 1.10. The van der Waals surface area contributed by atoms with Gasteiger partial charge in [0.25, 0.3) is 0 Å². The van der Waals surface area contributed by atoms with Gasteiger partial charge in [-0.05, 0) is 27.2 Å². The molecule has 1 unspecified atom stereocenters. The van der Waals surface area contributed by atoms with Crippen molar-refractivity contribution >= 4 is 11.6 Å². The summed E-state index contributed by atoms with van der Waals surface area (Å²) in [7, 11) is 1.85. The van der Waals surface area contributed by atoms with Gasteiger partial charge in [0.1, 0.15) is 0 Å². The molecule has 1 aromatic heterocycles. The summed E-state index contributed by atoms with van der Waals surface area (Å²) in [5, 5.41) is 7.08. The number of nitrogens with two attached hydrogens (primary N) is 1. The molecule has 0 aromatic carbocycles. The molecule has 1 rings (SSSR count). The molecule has 3 N–H and O–H groups in total. The van der Waals surface area contributed by atoms with Gasteiger partial charge in [-0.2, -0.15) is 5.10 Å². The number of amides is 1. The summed E-state index contributed by atoms with van der Waals surface area (Å²) in [6, 6.07) is 0. The van der Waals surface area contributed by atoms with Crippen LogP contribution in [0.4, 0.5) is 5.69 Å². The topological polar surface area (TPSA) is 72.9 Å². The van der Waals surface area contributed by atoms with Crippen molar-refractivity contribution in [2.45, 2.75) is 39.7 Å². The molecule has 0 bridgehead atoms. The minimum Gasteiger partial charge on any atom is -0.321 e. The molecule has 0 saturated heterocycles. The minimum atomic E-state index is -0.839. The van der Waals surface area contributed by atoms with Gasteiger partial charge >= 0.3 is 0 Å². The Hall–Kier alpha value is -1.36. The van der Waals surface area contributed by atoms with Crippen LogP contribution in [0, 0.1) is 13.8 Å². The van der Waals surface area contributed by atoms with Crippen LogP contribution >= 0.6 is 0 Å². The highest BCUT2D eigenvalue weighted by atomic mass is 16.2. The Morgan fingerprint density at radius 2 is 2.12 bits per heavy atom. The summed E-state index contributed by atoms with van der Waals surface area (Å²) < 4.78 is 1.74. The monoisotopic (exact) mass is 224 g/mol. The first-order valence-electron chi connectivity index (χ1n) is 5.40. The van der Waals surface area contributed by atoms with E-state index >= 15 is 0 Å². The third-order valence-electron chi connectivity index (χ3n) is 3.00. The van der Waals surface area contributed by atoms with E-state index in [2.05, 4.69) is 10.4 Å². The number of rotatable bonds is 3. The molecule has 5 heteroatoms. The van der Waals surface area contributed by atoms with Crippen LogP contribution in [0.2, 0.25) is 0 Å². The van der Waals surface area contributed by atoms with Crippen molar-refractivity contribution in [3.8, 4) is 0 Å². The van der Waals surface area contributed by atoms with Crippen LogP contribution in [0.1, 0.15) is 31.7 Å². The molecule has 1 aromatic rings. The average molecular weight is 224 g/mol. The number of aromatic nitrogens is 2. The third kappa shape index (κ3) is 2.24. The van der Waals surface area contributed by atoms with Crippen LogP contribution in [-0.4, -0.2) is 21.2 Å². The molecule has 0 fully saturated rings. The molecular formula is C11H20N4O. The highest BCUT2D eigenvalue weighted by Gasteiger charge is 2.27. The van der Waals surface area contributed by atoms with Crippen molar-refractivity contribution < 1.29 is 4.79 Å². The molecule has 0 radical (unpaired) electrons. The normalized spacial score (nSPS) is 14.6. The van der Waals surface area contributed by atoms with Crippen LogP contribution in [0.25, 0.3) is 0 Å². The summed E-state index contributed by atoms with van der Waals surface area (Å²) >= 11 is 0. The number of aryl methyl sites for hydroxylation is 2. The largest absolute Gasteiger partial charge is 0.321 e. The number of hydrogen-bond acceptors (Lipinski definition) is 3. The fourth-order valence-corrected chi connectivity index (χ4v) is 1.37. The van der Waals surface area contributed by atoms with Crippen molar-refractivity contribution in [2.75, 3.05) is 5.32 Å². The molecule has 1 heterocycles. The number of carbonyl (C=O) groups is 1. The van der Waals surface area contributed by atoms with E-state index < -0.39 is 5.54 Å². The van der Waals surface area contributed by atoms with Crippen molar-refractivity contribution in [3.05, 3.63) is 11.4 Å². The van der Waals surface area contributed by atoms with Crippen molar-refractivity contribution in [1.29, 1.82) is 0 Å². The lowest BCUT2D eigenvalue weighted by Crippen LogP contribution is -2.47. The Balaban J connectivity index is 2.94. The molecule has 0 saturated carbocycles. The van der Waals surface area contributed by atoms with Gasteiger partial charge in [0.2, 0.25) is 5.91 Å². The Morgan fingerprint density at radius 1 is 1.56 bits per heavy atom. The molecule has 1 amide bonds. The van der Waals surface area contributed by atoms with Gasteiger partial charge in [0, 0.05) is 7.05 Å². The highest BCUT2D eigenvalue weighted by molar-refractivity contribution is 5.98. The molecular weight excluding hydrogens is 204 g/mol. The quantitative estimate of drug-likeness (QED) is 0.807. The van der Waals surface area contributed by atoms with E-state index in [1.165, 1.54) is 0 Å². The van der Waals surface area contributed by atoms with E-state index in [1.807, 2.05) is 27.8 Å². The maximum Gasteiger partial charge on any atom is 0.244 e. The Labute approximate surface area is 96.0 Å². The van der Waals surface area contributed by atoms with E-state index in [0.717, 1.165) is 17.1 Å². The minimum absolute atomic E-state index is 0.172. The molecule has 0 spiro atoms. The van der Waals surface area contributed by atoms with E-state index in [4.69, 9.17) is 5.73 Å². The standard InChI is InChI=1S/C11H20N4O/c1-6-11(4,12)10(16)13-9-7(2)14-15(5)8(9)3/h6,12H2,1-5H3,(H,13,16). The molecule has 5 nitrogen and oxygen atoms in total. The molecule has 16 heavy (non-hydrogen) atoms. The van der Waals surface area contributed by atoms with E-state index in [1.54, 1.807) is 11.6 Å². The summed E-state index contributed by atoms with van der Waals surface area (Å²) in [4.78, 5) is 11.9. The number of anilines is 1. The molecule has 90 valence electrons. The first kappa shape index (κ1) is 12.7. The zero-order valence-electron chi connectivity index (χ0n) is 10.6. The first-order valence-corrected chi connectivity index (χ1v) is 5.40. The van der Waals surface area contributed by atoms with Gasteiger partial charge in [0.05, 0.1) is 22.6 Å².